The summed E-state index contributed by atoms with van der Waals surface area (Å²) in [5.74, 6) is 0. The molecule has 0 aromatic rings. The van der Waals surface area contributed by atoms with Crippen LogP contribution in [0.1, 0.15) is 86.5 Å². The summed E-state index contributed by atoms with van der Waals surface area (Å²) in [6.45, 7) is 13.6. The van der Waals surface area contributed by atoms with E-state index in [9.17, 15) is 4.79 Å². The summed E-state index contributed by atoms with van der Waals surface area (Å²) in [5, 5.41) is 0. The molecular weight excluding hydrogens is 429 g/mol. The Hall–Kier alpha value is -0.191. The molecule has 1 aliphatic rings. The van der Waals surface area contributed by atoms with Gasteiger partial charge < -0.3 is 0 Å². The van der Waals surface area contributed by atoms with Gasteiger partial charge in [-0.3, -0.25) is 0 Å². The van der Waals surface area contributed by atoms with Gasteiger partial charge in [-0.25, -0.2) is 0 Å². The molecule has 0 radical (unpaired) electrons. The van der Waals surface area contributed by atoms with Crippen molar-refractivity contribution in [1.29, 1.82) is 0 Å². The minimum atomic E-state index is -2.51. The van der Waals surface area contributed by atoms with Crippen molar-refractivity contribution in [3.05, 3.63) is 12.2 Å². The second-order valence-corrected chi connectivity index (χ2v) is 23.0. The predicted octanol–water partition coefficient (Wildman–Crippen LogP) is 6.94. The number of ether oxygens (including phenoxy) is 1. The third kappa shape index (κ3) is 7.44. The second kappa shape index (κ2) is 11.6. The van der Waals surface area contributed by atoms with Crippen molar-refractivity contribution in [1.82, 2.24) is 4.90 Å². The van der Waals surface area contributed by atoms with E-state index in [1.54, 1.807) is 0 Å². The fraction of sp³-hybridized carbons (Fsp3) is 0.864. The molecule has 0 aromatic heterocycles. The van der Waals surface area contributed by atoms with Crippen molar-refractivity contribution < 1.29 is 9.53 Å². The molecule has 1 atom stereocenters. The predicted molar refractivity (Wildman–Crippen MR) is 115 cm³/mol. The minimum absolute atomic E-state index is 0.0857. The molecule has 0 bridgehead atoms. The quantitative estimate of drug-likeness (QED) is 0.255. The first-order valence-corrected chi connectivity index (χ1v) is 18.6. The maximum absolute atomic E-state index is 13.0. The Morgan fingerprint density at radius 1 is 1.00 bits per heavy atom. The van der Waals surface area contributed by atoms with Crippen molar-refractivity contribution >= 4 is 24.5 Å². The number of rotatable bonds is 10. The van der Waals surface area contributed by atoms with E-state index in [1.165, 1.54) is 51.8 Å². The van der Waals surface area contributed by atoms with Crippen molar-refractivity contribution in [2.75, 3.05) is 6.54 Å². The Morgan fingerprint density at radius 3 is 1.92 bits per heavy atom. The number of nitrogens with zero attached hydrogens (tertiary/aromatic N) is 1. The van der Waals surface area contributed by atoms with Gasteiger partial charge in [-0.2, -0.15) is 0 Å². The van der Waals surface area contributed by atoms with Crippen LogP contribution in [0.15, 0.2) is 12.2 Å². The number of carbonyl (C=O) groups is 1. The van der Waals surface area contributed by atoms with Gasteiger partial charge >= 0.3 is 167 Å². The van der Waals surface area contributed by atoms with Gasteiger partial charge in [0.2, 0.25) is 0 Å². The summed E-state index contributed by atoms with van der Waals surface area (Å²) < 4.78 is 10.6. The van der Waals surface area contributed by atoms with Crippen molar-refractivity contribution in [2.24, 2.45) is 0 Å². The Morgan fingerprint density at radius 2 is 1.50 bits per heavy atom. The van der Waals surface area contributed by atoms with Crippen LogP contribution < -0.4 is 0 Å². The molecule has 4 heteroatoms. The third-order valence-electron chi connectivity index (χ3n) is 5.62. The van der Waals surface area contributed by atoms with E-state index in [0.717, 1.165) is 13.0 Å². The molecule has 1 unspecified atom stereocenters. The van der Waals surface area contributed by atoms with Crippen molar-refractivity contribution in [3.8, 4) is 0 Å². The van der Waals surface area contributed by atoms with E-state index in [-0.39, 0.29) is 6.09 Å². The summed E-state index contributed by atoms with van der Waals surface area (Å²) in [6, 6.07) is 0. The zero-order chi connectivity index (χ0) is 19.6. The second-order valence-electron chi connectivity index (χ2n) is 9.03. The number of hydrogen-bond acceptors (Lipinski definition) is 2. The third-order valence-corrected chi connectivity index (χ3v) is 22.8. The molecule has 3 nitrogen and oxygen atoms in total. The van der Waals surface area contributed by atoms with Crippen molar-refractivity contribution in [2.45, 2.75) is 109 Å². The van der Waals surface area contributed by atoms with Gasteiger partial charge in [-0.05, 0) is 0 Å². The molecule has 1 aliphatic heterocycles. The number of amides is 1. The molecule has 0 aliphatic carbocycles. The molecule has 0 fully saturated rings. The molecule has 26 heavy (non-hydrogen) atoms. The zero-order valence-electron chi connectivity index (χ0n) is 18.3. The van der Waals surface area contributed by atoms with Crippen LogP contribution in [-0.2, 0) is 4.74 Å². The Kier molecular flexibility index (Phi) is 10.6. The Balaban J connectivity index is 3.14. The Labute approximate surface area is 166 Å². The first kappa shape index (κ1) is 23.8. The molecule has 152 valence electrons. The van der Waals surface area contributed by atoms with Gasteiger partial charge in [0.15, 0.2) is 0 Å². The molecule has 0 aromatic carbocycles. The fourth-order valence-electron chi connectivity index (χ4n) is 4.23. The van der Waals surface area contributed by atoms with Gasteiger partial charge in [-0.15, -0.1) is 0 Å². The van der Waals surface area contributed by atoms with E-state index in [2.05, 4.69) is 37.8 Å². The van der Waals surface area contributed by atoms with E-state index >= 15 is 0 Å². The van der Waals surface area contributed by atoms with Crippen LogP contribution in [0.4, 0.5) is 4.79 Å². The summed E-state index contributed by atoms with van der Waals surface area (Å²) in [6.07, 6.45) is 13.3. The monoisotopic (exact) mass is 473 g/mol. The van der Waals surface area contributed by atoms with Gasteiger partial charge in [0.1, 0.15) is 0 Å². The first-order chi connectivity index (χ1) is 12.3. The van der Waals surface area contributed by atoms with Crippen LogP contribution in [-0.4, -0.2) is 45.6 Å². The summed E-state index contributed by atoms with van der Waals surface area (Å²) in [7, 11) is 0. The van der Waals surface area contributed by atoms with E-state index in [4.69, 9.17) is 4.74 Å². The molecule has 0 saturated carbocycles. The van der Waals surface area contributed by atoms with Gasteiger partial charge in [0.05, 0.1) is 0 Å². The molecule has 1 heterocycles. The van der Waals surface area contributed by atoms with E-state index in [0.29, 0.717) is 4.06 Å². The molecular formula is C22H43NO2Sn. The van der Waals surface area contributed by atoms with Gasteiger partial charge in [-0.1, -0.05) is 0 Å². The van der Waals surface area contributed by atoms with E-state index in [1.807, 2.05) is 20.8 Å². The van der Waals surface area contributed by atoms with Gasteiger partial charge in [0.25, 0.3) is 0 Å². The molecule has 0 saturated heterocycles. The van der Waals surface area contributed by atoms with Crippen LogP contribution in [0.3, 0.4) is 0 Å². The summed E-state index contributed by atoms with van der Waals surface area (Å²) >= 11 is -2.51. The first-order valence-electron chi connectivity index (χ1n) is 10.9. The SMILES string of the molecule is CCC[CH2][Sn]([CH2]CCC)([CH2]CCC)[CH]1CC=CCN1C(=O)OC(C)(C)C. The summed E-state index contributed by atoms with van der Waals surface area (Å²) in [4.78, 5) is 15.1. The average Bonchev–Trinajstić information content (AvgIpc) is 2.60. The van der Waals surface area contributed by atoms with Gasteiger partial charge in [0, 0.05) is 0 Å². The average molecular weight is 472 g/mol. The molecule has 1 rings (SSSR count). The topological polar surface area (TPSA) is 29.5 Å². The fourth-order valence-corrected chi connectivity index (χ4v) is 22.6. The van der Waals surface area contributed by atoms with E-state index < -0.39 is 24.0 Å². The van der Waals surface area contributed by atoms with Crippen LogP contribution in [0.25, 0.3) is 0 Å². The Bertz CT molecular complexity index is 420. The molecule has 0 spiro atoms. The van der Waals surface area contributed by atoms with Crippen LogP contribution in [0.2, 0.25) is 13.3 Å². The normalized spacial score (nSPS) is 18.2. The maximum atomic E-state index is 13.0. The number of unbranched alkanes of at least 4 members (excludes halogenated alkanes) is 3. The molecule has 1 amide bonds. The molecule has 0 N–H and O–H groups in total. The number of carbonyl (C=O) groups excluding carboxylic acids is 1. The standard InChI is InChI=1S/C10H16NO2.3C4H9.Sn/c1-10(2,3)13-9(12)11-7-5-4-6-8-11;3*1-3-4-2;/h4-5,8H,6-7H2,1-3H3;3*1,3-4H2,2H3;. The van der Waals surface area contributed by atoms with Crippen LogP contribution >= 0.6 is 0 Å². The zero-order valence-corrected chi connectivity index (χ0v) is 21.1. The number of hydrogen-bond donors (Lipinski definition) is 0. The van der Waals surface area contributed by atoms with Crippen molar-refractivity contribution in [3.63, 3.8) is 0 Å². The summed E-state index contributed by atoms with van der Waals surface area (Å²) in [5.41, 5.74) is -0.419. The van der Waals surface area contributed by atoms with Crippen LogP contribution in [0, 0.1) is 0 Å². The van der Waals surface area contributed by atoms with Crippen LogP contribution in [0.5, 0.6) is 0 Å².